The number of fused-ring (bicyclic) bond motifs is 2. The topological polar surface area (TPSA) is 51.1 Å². The molecule has 0 aliphatic carbocycles. The number of hydrogen-bond acceptors (Lipinski definition) is 5. The lowest BCUT2D eigenvalue weighted by molar-refractivity contribution is 0.0299. The molecule has 2 bridgehead atoms. The molecule has 0 aromatic carbocycles. The highest BCUT2D eigenvalue weighted by atomic mass is 35.5. The Morgan fingerprint density at radius 2 is 1.56 bits per heavy atom. The predicted molar refractivity (Wildman–Crippen MR) is 60.0 cm³/mol. The molecule has 2 fully saturated rings. The first-order valence-corrected chi connectivity index (χ1v) is 5.94. The maximum absolute atomic E-state index is 5.75. The summed E-state index contributed by atoms with van der Waals surface area (Å²) in [6.07, 6.45) is 2.78. The fraction of sp³-hybridized carbons (Fsp3) is 0.667. The molecule has 5 nitrogen and oxygen atoms in total. The standard InChI is InChI=1S/C9H10Cl2N4O/c10-7-12-8(11)14-9(13-7)15-3-5-1-2-6(4-15)16-5/h5-6H,1-4H2. The summed E-state index contributed by atoms with van der Waals surface area (Å²) in [7, 11) is 0. The molecular weight excluding hydrogens is 251 g/mol. The van der Waals surface area contributed by atoms with Crippen LogP contribution in [0.4, 0.5) is 5.95 Å². The lowest BCUT2D eigenvalue weighted by Crippen LogP contribution is -2.43. The smallest absolute Gasteiger partial charge is 0.231 e. The van der Waals surface area contributed by atoms with Gasteiger partial charge in [0.05, 0.1) is 12.2 Å². The van der Waals surface area contributed by atoms with Gasteiger partial charge in [-0.15, -0.1) is 0 Å². The highest BCUT2D eigenvalue weighted by Crippen LogP contribution is 2.28. The SMILES string of the molecule is Clc1nc(Cl)nc(N2CC3CCC(C2)O3)n1. The third-order valence-electron chi connectivity index (χ3n) is 2.90. The minimum absolute atomic E-state index is 0.133. The van der Waals surface area contributed by atoms with Crippen molar-refractivity contribution in [3.63, 3.8) is 0 Å². The highest BCUT2D eigenvalue weighted by molar-refractivity contribution is 6.31. The quantitative estimate of drug-likeness (QED) is 0.767. The van der Waals surface area contributed by atoms with Crippen LogP contribution in [-0.2, 0) is 4.74 Å². The maximum Gasteiger partial charge on any atom is 0.231 e. The molecule has 0 N–H and O–H groups in total. The number of hydrogen-bond donors (Lipinski definition) is 0. The Bertz CT molecular complexity index is 384. The van der Waals surface area contributed by atoms with Gasteiger partial charge in [0.25, 0.3) is 0 Å². The minimum atomic E-state index is 0.133. The van der Waals surface area contributed by atoms with Crippen molar-refractivity contribution in [2.24, 2.45) is 0 Å². The zero-order chi connectivity index (χ0) is 11.1. The van der Waals surface area contributed by atoms with Gasteiger partial charge in [0, 0.05) is 13.1 Å². The van der Waals surface area contributed by atoms with Crippen LogP contribution in [0.3, 0.4) is 0 Å². The Morgan fingerprint density at radius 1 is 1.00 bits per heavy atom. The van der Waals surface area contributed by atoms with Crippen LogP contribution < -0.4 is 4.90 Å². The van der Waals surface area contributed by atoms with Gasteiger partial charge in [-0.3, -0.25) is 0 Å². The largest absolute Gasteiger partial charge is 0.371 e. The number of nitrogens with zero attached hydrogens (tertiary/aromatic N) is 4. The van der Waals surface area contributed by atoms with Crippen molar-refractivity contribution in [3.8, 4) is 0 Å². The molecule has 0 radical (unpaired) electrons. The molecule has 0 amide bonds. The van der Waals surface area contributed by atoms with E-state index in [2.05, 4.69) is 19.9 Å². The lowest BCUT2D eigenvalue weighted by Gasteiger charge is -2.31. The van der Waals surface area contributed by atoms with E-state index in [1.807, 2.05) is 0 Å². The van der Waals surface area contributed by atoms with Crippen LogP contribution in [-0.4, -0.2) is 40.2 Å². The normalized spacial score (nSPS) is 28.5. The third-order valence-corrected chi connectivity index (χ3v) is 3.23. The Morgan fingerprint density at radius 3 is 2.12 bits per heavy atom. The summed E-state index contributed by atoms with van der Waals surface area (Å²) in [5.41, 5.74) is 0. The molecule has 7 heteroatoms. The van der Waals surface area contributed by atoms with Crippen molar-refractivity contribution in [2.45, 2.75) is 25.0 Å². The van der Waals surface area contributed by atoms with Crippen LogP contribution in [0.5, 0.6) is 0 Å². The van der Waals surface area contributed by atoms with Gasteiger partial charge in [0.1, 0.15) is 0 Å². The summed E-state index contributed by atoms with van der Waals surface area (Å²) in [4.78, 5) is 14.0. The number of aromatic nitrogens is 3. The van der Waals surface area contributed by atoms with Gasteiger partial charge < -0.3 is 9.64 Å². The zero-order valence-electron chi connectivity index (χ0n) is 8.44. The summed E-state index contributed by atoms with van der Waals surface area (Å²) >= 11 is 11.5. The second-order valence-corrected chi connectivity index (χ2v) is 4.71. The zero-order valence-corrected chi connectivity index (χ0v) is 9.95. The Balaban J connectivity index is 1.86. The van der Waals surface area contributed by atoms with E-state index in [0.29, 0.717) is 5.95 Å². The number of morpholine rings is 1. The Kier molecular flexibility index (Phi) is 2.61. The molecule has 86 valence electrons. The molecule has 1 aromatic heterocycles. The van der Waals surface area contributed by atoms with E-state index in [4.69, 9.17) is 27.9 Å². The second-order valence-electron chi connectivity index (χ2n) is 4.04. The molecule has 2 unspecified atom stereocenters. The number of anilines is 1. The molecule has 2 saturated heterocycles. The van der Waals surface area contributed by atoms with Crippen molar-refractivity contribution >= 4 is 29.2 Å². The molecule has 3 heterocycles. The van der Waals surface area contributed by atoms with E-state index in [1.54, 1.807) is 0 Å². The molecule has 2 aliphatic rings. The first-order valence-electron chi connectivity index (χ1n) is 5.18. The molecular formula is C9H10Cl2N4O. The van der Waals surface area contributed by atoms with E-state index in [-0.39, 0.29) is 22.8 Å². The molecule has 3 rings (SSSR count). The van der Waals surface area contributed by atoms with E-state index < -0.39 is 0 Å². The Labute approximate surface area is 103 Å². The van der Waals surface area contributed by atoms with Crippen LogP contribution in [0.2, 0.25) is 10.6 Å². The molecule has 2 atom stereocenters. The van der Waals surface area contributed by atoms with Crippen LogP contribution in [0.15, 0.2) is 0 Å². The summed E-state index contributed by atoms with van der Waals surface area (Å²) in [5, 5.41) is 0.266. The van der Waals surface area contributed by atoms with Crippen LogP contribution in [0, 0.1) is 0 Å². The molecule has 16 heavy (non-hydrogen) atoms. The predicted octanol–water partition coefficient (Wildman–Crippen LogP) is 1.55. The number of ether oxygens (including phenoxy) is 1. The van der Waals surface area contributed by atoms with Crippen molar-refractivity contribution in [1.29, 1.82) is 0 Å². The second kappa shape index (κ2) is 3.98. The van der Waals surface area contributed by atoms with Gasteiger partial charge in [-0.1, -0.05) is 0 Å². The average molecular weight is 261 g/mol. The van der Waals surface area contributed by atoms with Gasteiger partial charge in [-0.25, -0.2) is 0 Å². The van der Waals surface area contributed by atoms with Gasteiger partial charge in [0.15, 0.2) is 0 Å². The van der Waals surface area contributed by atoms with Gasteiger partial charge in [0.2, 0.25) is 16.5 Å². The van der Waals surface area contributed by atoms with Gasteiger partial charge in [-0.05, 0) is 36.0 Å². The fourth-order valence-corrected chi connectivity index (χ4v) is 2.59. The maximum atomic E-state index is 5.75. The van der Waals surface area contributed by atoms with Gasteiger partial charge in [-0.2, -0.15) is 15.0 Å². The van der Waals surface area contributed by atoms with Crippen molar-refractivity contribution in [3.05, 3.63) is 10.6 Å². The summed E-state index contributed by atoms with van der Waals surface area (Å²) in [6, 6.07) is 0. The van der Waals surface area contributed by atoms with Crippen molar-refractivity contribution < 1.29 is 4.74 Å². The fourth-order valence-electron chi connectivity index (χ4n) is 2.24. The van der Waals surface area contributed by atoms with Crippen LogP contribution >= 0.6 is 23.2 Å². The van der Waals surface area contributed by atoms with E-state index >= 15 is 0 Å². The van der Waals surface area contributed by atoms with E-state index in [9.17, 15) is 0 Å². The molecule has 0 saturated carbocycles. The summed E-state index contributed by atoms with van der Waals surface area (Å²) in [5.74, 6) is 0.546. The molecule has 0 spiro atoms. The first-order chi connectivity index (χ1) is 7.70. The van der Waals surface area contributed by atoms with Crippen LogP contribution in [0.25, 0.3) is 0 Å². The Hall–Kier alpha value is -0.650. The monoisotopic (exact) mass is 260 g/mol. The summed E-state index contributed by atoms with van der Waals surface area (Å²) < 4.78 is 5.73. The first kappa shape index (κ1) is 10.5. The van der Waals surface area contributed by atoms with Crippen molar-refractivity contribution in [2.75, 3.05) is 18.0 Å². The number of rotatable bonds is 1. The van der Waals surface area contributed by atoms with Crippen molar-refractivity contribution in [1.82, 2.24) is 15.0 Å². The summed E-state index contributed by atoms with van der Waals surface area (Å²) in [6.45, 7) is 1.60. The lowest BCUT2D eigenvalue weighted by atomic mass is 10.2. The highest BCUT2D eigenvalue weighted by Gasteiger charge is 2.34. The number of halogens is 2. The average Bonchev–Trinajstić information content (AvgIpc) is 2.56. The molecule has 1 aromatic rings. The minimum Gasteiger partial charge on any atom is -0.371 e. The van der Waals surface area contributed by atoms with E-state index in [0.717, 1.165) is 25.9 Å². The van der Waals surface area contributed by atoms with E-state index in [1.165, 1.54) is 0 Å². The molecule has 2 aliphatic heterocycles. The third kappa shape index (κ3) is 1.95. The van der Waals surface area contributed by atoms with Crippen LogP contribution in [0.1, 0.15) is 12.8 Å². The van der Waals surface area contributed by atoms with Gasteiger partial charge >= 0.3 is 0 Å².